The summed E-state index contributed by atoms with van der Waals surface area (Å²) in [6.07, 6.45) is 2.91. The number of hydrogen-bond donors (Lipinski definition) is 3. The Morgan fingerprint density at radius 3 is 2.88 bits per heavy atom. The number of fused-ring (bicyclic) bond motifs is 1. The van der Waals surface area contributed by atoms with Gasteiger partial charge in [-0.2, -0.15) is 0 Å². The molecule has 1 atom stereocenters. The molecule has 1 unspecified atom stereocenters. The molecule has 2 aromatic rings. The van der Waals surface area contributed by atoms with E-state index in [4.69, 9.17) is 5.73 Å². The van der Waals surface area contributed by atoms with Gasteiger partial charge in [0.05, 0.1) is 17.5 Å². The molecule has 0 saturated heterocycles. The van der Waals surface area contributed by atoms with Crippen molar-refractivity contribution in [2.45, 2.75) is 25.3 Å². The first-order valence-electron chi connectivity index (χ1n) is 7.63. The normalized spacial score (nSPS) is 15.8. The summed E-state index contributed by atoms with van der Waals surface area (Å²) in [7, 11) is 0. The molecule has 128 valence electrons. The number of nitrogens with one attached hydrogen (secondary N) is 2. The third-order valence-electron chi connectivity index (χ3n) is 3.97. The average Bonchev–Trinajstić information content (AvgIpc) is 3.07. The molecule has 7 heteroatoms. The van der Waals surface area contributed by atoms with Gasteiger partial charge in [-0.25, -0.2) is 0 Å². The molecular weight excluding hydrogens is 346 g/mol. The van der Waals surface area contributed by atoms with Crippen molar-refractivity contribution in [1.82, 2.24) is 10.6 Å². The molecule has 0 spiro atoms. The van der Waals surface area contributed by atoms with Gasteiger partial charge in [0.1, 0.15) is 0 Å². The Hall–Kier alpha value is -2.05. The van der Waals surface area contributed by atoms with E-state index in [1.807, 2.05) is 29.6 Å². The van der Waals surface area contributed by atoms with Gasteiger partial charge < -0.3 is 16.4 Å². The standard InChI is InChI=1S/C17H19N3O2S.ClH/c18-12-6-7-13-11(9-12)3-1-4-14(13)20-16(21)10-19-17(22)15-5-2-8-23-15;/h2,5-9,14H,1,3-4,10,18H2,(H,19,22)(H,20,21);1H. The van der Waals surface area contributed by atoms with Crippen molar-refractivity contribution in [2.75, 3.05) is 12.3 Å². The number of thiophene rings is 1. The Labute approximate surface area is 151 Å². The highest BCUT2D eigenvalue weighted by Gasteiger charge is 2.22. The van der Waals surface area contributed by atoms with Crippen molar-refractivity contribution in [3.8, 4) is 0 Å². The Morgan fingerprint density at radius 2 is 2.12 bits per heavy atom. The molecule has 1 aliphatic rings. The maximum Gasteiger partial charge on any atom is 0.261 e. The van der Waals surface area contributed by atoms with Gasteiger partial charge in [0.2, 0.25) is 5.91 Å². The van der Waals surface area contributed by atoms with Gasteiger partial charge in [-0.3, -0.25) is 9.59 Å². The number of aryl methyl sites for hydroxylation is 1. The third kappa shape index (κ3) is 4.27. The number of amides is 2. The molecule has 0 fully saturated rings. The number of nitrogens with two attached hydrogens (primary N) is 1. The second-order valence-corrected chi connectivity index (χ2v) is 6.58. The van der Waals surface area contributed by atoms with E-state index in [9.17, 15) is 9.59 Å². The highest BCUT2D eigenvalue weighted by Crippen LogP contribution is 2.30. The highest BCUT2D eigenvalue weighted by atomic mass is 35.5. The summed E-state index contributed by atoms with van der Waals surface area (Å²) < 4.78 is 0. The average molecular weight is 366 g/mol. The predicted molar refractivity (Wildman–Crippen MR) is 98.6 cm³/mol. The molecular formula is C17H20ClN3O2S. The minimum atomic E-state index is -0.216. The van der Waals surface area contributed by atoms with E-state index in [2.05, 4.69) is 10.6 Å². The van der Waals surface area contributed by atoms with Gasteiger partial charge in [0, 0.05) is 5.69 Å². The molecule has 0 saturated carbocycles. The van der Waals surface area contributed by atoms with Crippen molar-refractivity contribution in [3.05, 3.63) is 51.7 Å². The van der Waals surface area contributed by atoms with Crippen LogP contribution in [0.15, 0.2) is 35.7 Å². The van der Waals surface area contributed by atoms with Crippen LogP contribution < -0.4 is 16.4 Å². The minimum Gasteiger partial charge on any atom is -0.399 e. The summed E-state index contributed by atoms with van der Waals surface area (Å²) in [5.41, 5.74) is 8.90. The Morgan fingerprint density at radius 1 is 1.29 bits per heavy atom. The van der Waals surface area contributed by atoms with Crippen molar-refractivity contribution in [2.24, 2.45) is 0 Å². The zero-order valence-corrected chi connectivity index (χ0v) is 14.7. The number of carbonyl (C=O) groups excluding carboxylic acids is 2. The van der Waals surface area contributed by atoms with Gasteiger partial charge in [-0.1, -0.05) is 12.1 Å². The number of carbonyl (C=O) groups is 2. The van der Waals surface area contributed by atoms with Gasteiger partial charge in [-0.05, 0) is 54.0 Å². The summed E-state index contributed by atoms with van der Waals surface area (Å²) in [4.78, 5) is 24.6. The molecule has 1 aromatic carbocycles. The molecule has 1 aliphatic carbocycles. The van der Waals surface area contributed by atoms with E-state index in [1.54, 1.807) is 6.07 Å². The number of rotatable bonds is 4. The number of halogens is 1. The van der Waals surface area contributed by atoms with Crippen LogP contribution in [0.4, 0.5) is 5.69 Å². The maximum absolute atomic E-state index is 12.1. The van der Waals surface area contributed by atoms with Crippen LogP contribution in [0.3, 0.4) is 0 Å². The summed E-state index contributed by atoms with van der Waals surface area (Å²) in [5.74, 6) is -0.392. The number of nitrogen functional groups attached to an aromatic ring is 1. The second kappa shape index (κ2) is 8.17. The minimum absolute atomic E-state index is 0. The van der Waals surface area contributed by atoms with Gasteiger partial charge >= 0.3 is 0 Å². The fourth-order valence-electron chi connectivity index (χ4n) is 2.88. The maximum atomic E-state index is 12.1. The summed E-state index contributed by atoms with van der Waals surface area (Å²) in [6.45, 7) is -0.0163. The molecule has 1 heterocycles. The van der Waals surface area contributed by atoms with Gasteiger partial charge in [-0.15, -0.1) is 23.7 Å². The van der Waals surface area contributed by atoms with Crippen LogP contribution in [-0.2, 0) is 11.2 Å². The Kier molecular flexibility index (Phi) is 6.23. The van der Waals surface area contributed by atoms with Crippen LogP contribution in [-0.4, -0.2) is 18.4 Å². The largest absolute Gasteiger partial charge is 0.399 e. The lowest BCUT2D eigenvalue weighted by Gasteiger charge is -2.26. The first kappa shape index (κ1) is 18.3. The second-order valence-electron chi connectivity index (χ2n) is 5.63. The smallest absolute Gasteiger partial charge is 0.261 e. The van der Waals surface area contributed by atoms with E-state index in [0.717, 1.165) is 30.5 Å². The van der Waals surface area contributed by atoms with Crippen LogP contribution in [0, 0.1) is 0 Å². The molecule has 0 aliphatic heterocycles. The lowest BCUT2D eigenvalue weighted by molar-refractivity contribution is -0.121. The highest BCUT2D eigenvalue weighted by molar-refractivity contribution is 7.12. The molecule has 0 radical (unpaired) electrons. The van der Waals surface area contributed by atoms with Crippen LogP contribution in [0.25, 0.3) is 0 Å². The van der Waals surface area contributed by atoms with Crippen molar-refractivity contribution in [1.29, 1.82) is 0 Å². The molecule has 24 heavy (non-hydrogen) atoms. The van der Waals surface area contributed by atoms with E-state index in [0.29, 0.717) is 4.88 Å². The zero-order chi connectivity index (χ0) is 16.2. The third-order valence-corrected chi connectivity index (χ3v) is 4.84. The monoisotopic (exact) mass is 365 g/mol. The molecule has 2 amide bonds. The topological polar surface area (TPSA) is 84.2 Å². The first-order valence-corrected chi connectivity index (χ1v) is 8.51. The lowest BCUT2D eigenvalue weighted by atomic mass is 9.87. The number of hydrogen-bond acceptors (Lipinski definition) is 4. The molecule has 3 rings (SSSR count). The molecule has 0 bridgehead atoms. The van der Waals surface area contributed by atoms with Crippen LogP contribution >= 0.6 is 23.7 Å². The molecule has 4 N–H and O–H groups in total. The first-order chi connectivity index (χ1) is 11.1. The number of benzene rings is 1. The summed E-state index contributed by atoms with van der Waals surface area (Å²) in [6, 6.07) is 9.36. The van der Waals surface area contributed by atoms with E-state index in [-0.39, 0.29) is 36.8 Å². The predicted octanol–water partition coefficient (Wildman–Crippen LogP) is 2.68. The zero-order valence-electron chi connectivity index (χ0n) is 13.1. The van der Waals surface area contributed by atoms with Crippen molar-refractivity contribution >= 4 is 41.2 Å². The lowest BCUT2D eigenvalue weighted by Crippen LogP contribution is -2.39. The van der Waals surface area contributed by atoms with Crippen molar-refractivity contribution in [3.63, 3.8) is 0 Å². The molecule has 1 aromatic heterocycles. The van der Waals surface area contributed by atoms with Crippen molar-refractivity contribution < 1.29 is 9.59 Å². The van der Waals surface area contributed by atoms with Crippen LogP contribution in [0.2, 0.25) is 0 Å². The fourth-order valence-corrected chi connectivity index (χ4v) is 3.53. The summed E-state index contributed by atoms with van der Waals surface area (Å²) >= 11 is 1.35. The molecule has 5 nitrogen and oxygen atoms in total. The van der Waals surface area contributed by atoms with Gasteiger partial charge in [0.25, 0.3) is 5.91 Å². The SMILES string of the molecule is Cl.Nc1ccc2c(c1)CCCC2NC(=O)CNC(=O)c1cccs1. The summed E-state index contributed by atoms with van der Waals surface area (Å²) in [5, 5.41) is 7.48. The van der Waals surface area contributed by atoms with Gasteiger partial charge in [0.15, 0.2) is 0 Å². The van der Waals surface area contributed by atoms with E-state index >= 15 is 0 Å². The van der Waals surface area contributed by atoms with Crippen LogP contribution in [0.5, 0.6) is 0 Å². The van der Waals surface area contributed by atoms with Crippen LogP contribution in [0.1, 0.15) is 39.7 Å². The number of anilines is 1. The van der Waals surface area contributed by atoms with E-state index < -0.39 is 0 Å². The fraction of sp³-hybridized carbons (Fsp3) is 0.294. The Bertz CT molecular complexity index is 719. The van der Waals surface area contributed by atoms with E-state index in [1.165, 1.54) is 16.9 Å². The Balaban J connectivity index is 0.00000208. The quantitative estimate of drug-likeness (QED) is 0.728.